The first-order valence-corrected chi connectivity index (χ1v) is 20.5. The Balaban J connectivity index is 4.12. The molecule has 6 nitrogen and oxygen atoms in total. The Morgan fingerprint density at radius 3 is 0.894 bits per heavy atom. The molecule has 1 atom stereocenters. The highest BCUT2D eigenvalue weighted by atomic mass is 16.6. The second-order valence-electron chi connectivity index (χ2n) is 13.9. The third-order valence-corrected chi connectivity index (χ3v) is 9.11. The lowest BCUT2D eigenvalue weighted by Crippen LogP contribution is -2.30. The summed E-state index contributed by atoms with van der Waals surface area (Å²) in [5, 5.41) is 0. The molecule has 47 heavy (non-hydrogen) atoms. The molecule has 0 bridgehead atoms. The van der Waals surface area contributed by atoms with E-state index in [2.05, 4.69) is 20.8 Å². The molecule has 0 radical (unpaired) electrons. The van der Waals surface area contributed by atoms with Crippen molar-refractivity contribution in [3.8, 4) is 0 Å². The lowest BCUT2D eigenvalue weighted by Gasteiger charge is -2.18. The van der Waals surface area contributed by atoms with E-state index in [1.54, 1.807) is 0 Å². The van der Waals surface area contributed by atoms with E-state index in [0.717, 1.165) is 57.8 Å². The zero-order valence-corrected chi connectivity index (χ0v) is 31.6. The zero-order chi connectivity index (χ0) is 34.5. The average Bonchev–Trinajstić information content (AvgIpc) is 3.06. The molecule has 0 aliphatic heterocycles. The van der Waals surface area contributed by atoms with Crippen LogP contribution in [0.3, 0.4) is 0 Å². The first kappa shape index (κ1) is 45.4. The van der Waals surface area contributed by atoms with Crippen LogP contribution in [0, 0.1) is 0 Å². The third kappa shape index (κ3) is 35.5. The summed E-state index contributed by atoms with van der Waals surface area (Å²) in [6.07, 6.45) is 35.7. The second kappa shape index (κ2) is 37.2. The molecular weight excluding hydrogens is 588 g/mol. The summed E-state index contributed by atoms with van der Waals surface area (Å²) < 4.78 is 16.5. The van der Waals surface area contributed by atoms with Gasteiger partial charge in [-0.2, -0.15) is 0 Å². The maximum Gasteiger partial charge on any atom is 0.306 e. The SMILES string of the molecule is CCCCCCCCCCCCCCCC(=O)OC[C@H](COC(=O)CCCCC)OC(=O)CCCCCCCCCCCCCCC. The molecule has 6 heteroatoms. The van der Waals surface area contributed by atoms with Crippen LogP contribution in [0.2, 0.25) is 0 Å². The van der Waals surface area contributed by atoms with Gasteiger partial charge in [0.2, 0.25) is 0 Å². The van der Waals surface area contributed by atoms with Gasteiger partial charge >= 0.3 is 17.9 Å². The summed E-state index contributed by atoms with van der Waals surface area (Å²) >= 11 is 0. The van der Waals surface area contributed by atoms with Gasteiger partial charge < -0.3 is 14.2 Å². The van der Waals surface area contributed by atoms with Crippen molar-refractivity contribution in [2.75, 3.05) is 13.2 Å². The van der Waals surface area contributed by atoms with Crippen molar-refractivity contribution in [3.63, 3.8) is 0 Å². The van der Waals surface area contributed by atoms with Gasteiger partial charge in [0.1, 0.15) is 13.2 Å². The Hall–Kier alpha value is -1.59. The maximum atomic E-state index is 12.6. The average molecular weight is 667 g/mol. The Kier molecular flexibility index (Phi) is 36.0. The van der Waals surface area contributed by atoms with Crippen LogP contribution >= 0.6 is 0 Å². The van der Waals surface area contributed by atoms with E-state index in [4.69, 9.17) is 14.2 Å². The number of unbranched alkanes of at least 4 members (excludes halogenated alkanes) is 26. The maximum absolute atomic E-state index is 12.6. The highest BCUT2D eigenvalue weighted by Gasteiger charge is 2.19. The number of hydrogen-bond acceptors (Lipinski definition) is 6. The van der Waals surface area contributed by atoms with E-state index in [9.17, 15) is 14.4 Å². The number of ether oxygens (including phenoxy) is 3. The Morgan fingerprint density at radius 1 is 0.340 bits per heavy atom. The molecule has 0 aliphatic rings. The van der Waals surface area contributed by atoms with Gasteiger partial charge in [-0.05, 0) is 19.3 Å². The van der Waals surface area contributed by atoms with Gasteiger partial charge in [0.15, 0.2) is 6.10 Å². The molecule has 0 aromatic rings. The monoisotopic (exact) mass is 667 g/mol. The van der Waals surface area contributed by atoms with Gasteiger partial charge in [0.25, 0.3) is 0 Å². The van der Waals surface area contributed by atoms with Crippen LogP contribution in [0.5, 0.6) is 0 Å². The molecule has 0 aromatic carbocycles. The van der Waals surface area contributed by atoms with Crippen molar-refractivity contribution in [1.82, 2.24) is 0 Å². The molecule has 0 heterocycles. The van der Waals surface area contributed by atoms with Gasteiger partial charge in [0.05, 0.1) is 0 Å². The fourth-order valence-corrected chi connectivity index (χ4v) is 5.97. The molecule has 0 aromatic heterocycles. The van der Waals surface area contributed by atoms with Crippen LogP contribution in [0.1, 0.15) is 226 Å². The van der Waals surface area contributed by atoms with Crippen molar-refractivity contribution < 1.29 is 28.6 Å². The first-order valence-electron chi connectivity index (χ1n) is 20.5. The molecule has 278 valence electrons. The van der Waals surface area contributed by atoms with E-state index in [-0.39, 0.29) is 31.1 Å². The Bertz CT molecular complexity index is 693. The predicted octanol–water partition coefficient (Wildman–Crippen LogP) is 12.5. The van der Waals surface area contributed by atoms with E-state index in [0.29, 0.717) is 19.3 Å². The van der Waals surface area contributed by atoms with E-state index in [1.807, 2.05) is 0 Å². The minimum atomic E-state index is -0.754. The lowest BCUT2D eigenvalue weighted by atomic mass is 10.0. The lowest BCUT2D eigenvalue weighted by molar-refractivity contribution is -0.167. The minimum Gasteiger partial charge on any atom is -0.462 e. The molecule has 0 amide bonds. The normalized spacial score (nSPS) is 11.8. The summed E-state index contributed by atoms with van der Waals surface area (Å²) in [5.74, 6) is -0.887. The molecule has 0 spiro atoms. The van der Waals surface area contributed by atoms with Gasteiger partial charge in [0, 0.05) is 19.3 Å². The number of carbonyl (C=O) groups is 3. The largest absolute Gasteiger partial charge is 0.462 e. The number of rotatable bonds is 37. The quantitative estimate of drug-likeness (QED) is 0.0373. The Labute approximate surface area is 291 Å². The summed E-state index contributed by atoms with van der Waals surface area (Å²) in [4.78, 5) is 37.1. The molecule has 0 N–H and O–H groups in total. The zero-order valence-electron chi connectivity index (χ0n) is 31.6. The highest BCUT2D eigenvalue weighted by Crippen LogP contribution is 2.15. The number of carbonyl (C=O) groups excluding carboxylic acids is 3. The Morgan fingerprint density at radius 2 is 0.574 bits per heavy atom. The molecule has 0 saturated heterocycles. The van der Waals surface area contributed by atoms with Crippen LogP contribution in [-0.2, 0) is 28.6 Å². The van der Waals surface area contributed by atoms with Crippen molar-refractivity contribution in [1.29, 1.82) is 0 Å². The number of hydrogen-bond donors (Lipinski definition) is 0. The van der Waals surface area contributed by atoms with E-state index in [1.165, 1.54) is 128 Å². The summed E-state index contributed by atoms with van der Waals surface area (Å²) in [7, 11) is 0. The standard InChI is InChI=1S/C41H78O6/c1-4-7-10-12-14-16-18-20-22-24-26-28-31-34-40(43)46-37-38(36-45-39(42)33-30-9-6-3)47-41(44)35-32-29-27-25-23-21-19-17-15-13-11-8-5-2/h38H,4-37H2,1-3H3/t38-/m0/s1. The topological polar surface area (TPSA) is 78.9 Å². The van der Waals surface area contributed by atoms with Crippen LogP contribution in [0.4, 0.5) is 0 Å². The molecule has 0 rings (SSSR count). The molecular formula is C41H78O6. The number of esters is 3. The first-order chi connectivity index (χ1) is 23.0. The van der Waals surface area contributed by atoms with Crippen molar-refractivity contribution in [2.45, 2.75) is 232 Å². The van der Waals surface area contributed by atoms with Gasteiger partial charge in [-0.3, -0.25) is 14.4 Å². The summed E-state index contributed by atoms with van der Waals surface area (Å²) in [6, 6.07) is 0. The van der Waals surface area contributed by atoms with E-state index < -0.39 is 6.10 Å². The molecule has 0 unspecified atom stereocenters. The fraction of sp³-hybridized carbons (Fsp3) is 0.927. The van der Waals surface area contributed by atoms with Crippen LogP contribution in [0.25, 0.3) is 0 Å². The molecule has 0 fully saturated rings. The second-order valence-corrected chi connectivity index (χ2v) is 13.9. The summed E-state index contributed by atoms with van der Waals surface area (Å²) in [5.41, 5.74) is 0. The van der Waals surface area contributed by atoms with Crippen LogP contribution < -0.4 is 0 Å². The van der Waals surface area contributed by atoms with Crippen LogP contribution in [-0.4, -0.2) is 37.2 Å². The van der Waals surface area contributed by atoms with E-state index >= 15 is 0 Å². The molecule has 0 aliphatic carbocycles. The minimum absolute atomic E-state index is 0.0656. The van der Waals surface area contributed by atoms with Gasteiger partial charge in [-0.15, -0.1) is 0 Å². The van der Waals surface area contributed by atoms with Crippen LogP contribution in [0.15, 0.2) is 0 Å². The fourth-order valence-electron chi connectivity index (χ4n) is 5.97. The van der Waals surface area contributed by atoms with Crippen molar-refractivity contribution in [2.24, 2.45) is 0 Å². The third-order valence-electron chi connectivity index (χ3n) is 9.11. The van der Waals surface area contributed by atoms with Crippen molar-refractivity contribution >= 4 is 17.9 Å². The van der Waals surface area contributed by atoms with Gasteiger partial charge in [-0.25, -0.2) is 0 Å². The highest BCUT2D eigenvalue weighted by molar-refractivity contribution is 5.71. The smallest absolute Gasteiger partial charge is 0.306 e. The van der Waals surface area contributed by atoms with Gasteiger partial charge in [-0.1, -0.05) is 188 Å². The summed E-state index contributed by atoms with van der Waals surface area (Å²) in [6.45, 7) is 6.47. The molecule has 0 saturated carbocycles. The van der Waals surface area contributed by atoms with Crippen molar-refractivity contribution in [3.05, 3.63) is 0 Å². The predicted molar refractivity (Wildman–Crippen MR) is 197 cm³/mol.